The van der Waals surface area contributed by atoms with Crippen LogP contribution in [0.4, 0.5) is 101 Å². The summed E-state index contributed by atoms with van der Waals surface area (Å²) in [7, 11) is 0. The van der Waals surface area contributed by atoms with Crippen molar-refractivity contribution < 1.29 is 116 Å². The Hall–Kier alpha value is -2.44. The van der Waals surface area contributed by atoms with Gasteiger partial charge in [0, 0.05) is 12.0 Å². The van der Waals surface area contributed by atoms with E-state index in [1.165, 1.54) is 0 Å². The number of carboxylic acids is 1. The number of hydrogen-bond acceptors (Lipinski definition) is 2. The number of alkyl halides is 23. The zero-order valence-electron chi connectivity index (χ0n) is 20.1. The number of aliphatic carboxylic acids is 1. The molecule has 44 heavy (non-hydrogen) atoms. The highest BCUT2D eigenvalue weighted by atomic mass is 19.4. The molecule has 2 N–H and O–H groups in total. The maximum Gasteiger partial charge on any atom is 0.438 e. The Kier molecular flexibility index (Phi) is 10.5. The predicted molar refractivity (Wildman–Crippen MR) is 92.2 cm³/mol. The van der Waals surface area contributed by atoms with E-state index < -0.39 is 95.9 Å². The Morgan fingerprint density at radius 3 is 1.09 bits per heavy atom. The number of halogens is 23. The molecule has 0 aromatic rings. The van der Waals surface area contributed by atoms with Crippen LogP contribution in [-0.4, -0.2) is 87.7 Å². The molecule has 0 saturated carbocycles. The standard InChI is InChI=1S/C18H11F23O3/c1-5(7(43)44)2-3-6(42)4-8(19,20)10(22,23)12(26,27)14(30,31)16(34,35)15(32,33)13(28,29)11(24,25)9(21,17(36,37)38)18(39,40)41/h2,6,42H,3-4H2,1H3,(H,43,44). The molecule has 0 aliphatic rings. The van der Waals surface area contributed by atoms with E-state index in [-0.39, 0.29) is 6.08 Å². The molecule has 0 aliphatic carbocycles. The molecule has 0 aliphatic heterocycles. The molecule has 0 rings (SSSR count). The van der Waals surface area contributed by atoms with Crippen LogP contribution in [0.25, 0.3) is 0 Å². The van der Waals surface area contributed by atoms with Crippen LogP contribution in [-0.2, 0) is 4.79 Å². The van der Waals surface area contributed by atoms with Crippen molar-refractivity contribution in [1.82, 2.24) is 0 Å². The van der Waals surface area contributed by atoms with Crippen molar-refractivity contribution in [3.05, 3.63) is 11.6 Å². The first-order valence-electron chi connectivity index (χ1n) is 10.1. The van der Waals surface area contributed by atoms with Crippen molar-refractivity contribution in [3.8, 4) is 0 Å². The zero-order chi connectivity index (χ0) is 36.4. The summed E-state index contributed by atoms with van der Waals surface area (Å²) < 4.78 is 308. The van der Waals surface area contributed by atoms with Crippen LogP contribution in [0.1, 0.15) is 19.8 Å². The van der Waals surface area contributed by atoms with E-state index >= 15 is 0 Å². The lowest BCUT2D eigenvalue weighted by Crippen LogP contribution is -2.79. The quantitative estimate of drug-likeness (QED) is 0.150. The minimum atomic E-state index is -9.55. The van der Waals surface area contributed by atoms with E-state index in [0.29, 0.717) is 6.92 Å². The smallest absolute Gasteiger partial charge is 0.438 e. The lowest BCUT2D eigenvalue weighted by atomic mass is 9.82. The number of aliphatic hydroxyl groups is 1. The fourth-order valence-corrected chi connectivity index (χ4v) is 2.86. The third-order valence-corrected chi connectivity index (χ3v) is 5.56. The van der Waals surface area contributed by atoms with Gasteiger partial charge in [0.05, 0.1) is 6.10 Å². The lowest BCUT2D eigenvalue weighted by Gasteiger charge is -2.46. The second-order valence-corrected chi connectivity index (χ2v) is 8.67. The third-order valence-electron chi connectivity index (χ3n) is 5.56. The molecule has 0 fully saturated rings. The van der Waals surface area contributed by atoms with Crippen LogP contribution in [0.5, 0.6) is 0 Å². The van der Waals surface area contributed by atoms with Gasteiger partial charge >= 0.3 is 71.4 Å². The molecule has 0 spiro atoms. The van der Waals surface area contributed by atoms with Crippen molar-refractivity contribution in [1.29, 1.82) is 0 Å². The first-order chi connectivity index (χ1) is 18.7. The third kappa shape index (κ3) is 5.70. The molecule has 0 amide bonds. The second-order valence-electron chi connectivity index (χ2n) is 8.67. The zero-order valence-corrected chi connectivity index (χ0v) is 20.1. The van der Waals surface area contributed by atoms with Crippen LogP contribution >= 0.6 is 0 Å². The molecule has 1 atom stereocenters. The van der Waals surface area contributed by atoms with Gasteiger partial charge in [0.2, 0.25) is 0 Å². The molecule has 3 nitrogen and oxygen atoms in total. The molecule has 0 bridgehead atoms. The lowest BCUT2D eigenvalue weighted by molar-refractivity contribution is -0.481. The van der Waals surface area contributed by atoms with Gasteiger partial charge in [0.25, 0.3) is 0 Å². The first kappa shape index (κ1) is 41.6. The summed E-state index contributed by atoms with van der Waals surface area (Å²) in [6.45, 7) is 0.619. The molecule has 0 aromatic carbocycles. The fourth-order valence-electron chi connectivity index (χ4n) is 2.86. The molecule has 0 aromatic heterocycles. The summed E-state index contributed by atoms with van der Waals surface area (Å²) in [5.41, 5.74) is -9.97. The molecule has 26 heteroatoms. The van der Waals surface area contributed by atoms with Gasteiger partial charge in [0.15, 0.2) is 0 Å². The Bertz CT molecular complexity index is 1070. The van der Waals surface area contributed by atoms with Gasteiger partial charge in [0.1, 0.15) is 0 Å². The van der Waals surface area contributed by atoms with Crippen LogP contribution < -0.4 is 0 Å². The van der Waals surface area contributed by atoms with E-state index in [9.17, 15) is 111 Å². The Morgan fingerprint density at radius 2 is 0.818 bits per heavy atom. The van der Waals surface area contributed by atoms with Crippen LogP contribution in [0, 0.1) is 0 Å². The van der Waals surface area contributed by atoms with Gasteiger partial charge in [-0.2, -0.15) is 96.6 Å². The van der Waals surface area contributed by atoms with Crippen LogP contribution in [0.3, 0.4) is 0 Å². The fraction of sp³-hybridized carbons (Fsp3) is 0.833. The normalized spacial score (nSPS) is 17.2. The maximum absolute atomic E-state index is 13.8. The number of carboxylic acid groups (broad SMARTS) is 1. The number of carbonyl (C=O) groups is 1. The second kappa shape index (κ2) is 11.1. The summed E-state index contributed by atoms with van der Waals surface area (Å²) in [6, 6.07) is 0. The average molecular weight is 712 g/mol. The van der Waals surface area contributed by atoms with Crippen LogP contribution in [0.15, 0.2) is 11.6 Å². The van der Waals surface area contributed by atoms with Gasteiger partial charge in [-0.15, -0.1) is 0 Å². The maximum atomic E-state index is 13.8. The van der Waals surface area contributed by atoms with Crippen molar-refractivity contribution in [2.75, 3.05) is 0 Å². The van der Waals surface area contributed by atoms with Crippen molar-refractivity contribution in [2.24, 2.45) is 0 Å². The molecule has 262 valence electrons. The summed E-state index contributed by atoms with van der Waals surface area (Å²) in [5.74, 6) is -73.4. The molecule has 1 unspecified atom stereocenters. The highest BCUT2D eigenvalue weighted by Gasteiger charge is 3.00. The van der Waals surface area contributed by atoms with E-state index in [0.717, 1.165) is 0 Å². The highest BCUT2D eigenvalue weighted by molar-refractivity contribution is 5.85. The van der Waals surface area contributed by atoms with E-state index in [4.69, 9.17) is 5.11 Å². The van der Waals surface area contributed by atoms with Crippen LogP contribution in [0.2, 0.25) is 0 Å². The summed E-state index contributed by atoms with van der Waals surface area (Å²) >= 11 is 0. The molecule has 0 heterocycles. The van der Waals surface area contributed by atoms with E-state index in [2.05, 4.69) is 0 Å². The minimum Gasteiger partial charge on any atom is -0.478 e. The molecular formula is C18H11F23O3. The Labute approximate surface area is 226 Å². The topological polar surface area (TPSA) is 57.5 Å². The highest BCUT2D eigenvalue weighted by Crippen LogP contribution is 2.68. The van der Waals surface area contributed by atoms with Gasteiger partial charge in [-0.25, -0.2) is 9.18 Å². The van der Waals surface area contributed by atoms with Gasteiger partial charge in [-0.1, -0.05) is 6.08 Å². The average Bonchev–Trinajstić information content (AvgIpc) is 2.78. The van der Waals surface area contributed by atoms with Gasteiger partial charge in [-0.3, -0.25) is 0 Å². The summed E-state index contributed by atoms with van der Waals surface area (Å²) in [4.78, 5) is 10.5. The van der Waals surface area contributed by atoms with E-state index in [1.807, 2.05) is 0 Å². The number of aliphatic hydroxyl groups excluding tert-OH is 1. The van der Waals surface area contributed by atoms with Crippen molar-refractivity contribution in [3.63, 3.8) is 0 Å². The SMILES string of the molecule is CC(=CCC(O)CC(F)(F)C(F)(F)C(F)(F)C(F)(F)C(F)(F)C(F)(F)C(F)(F)C(F)(F)C(F)(C(F)(F)F)C(F)(F)F)C(=O)O. The predicted octanol–water partition coefficient (Wildman–Crippen LogP) is 8.07. The first-order valence-corrected chi connectivity index (χ1v) is 10.1. The Morgan fingerprint density at radius 1 is 0.545 bits per heavy atom. The molecular weight excluding hydrogens is 701 g/mol. The number of hydrogen-bond donors (Lipinski definition) is 2. The molecule has 0 saturated heterocycles. The Balaban J connectivity index is 7.11. The molecule has 0 radical (unpaired) electrons. The summed E-state index contributed by atoms with van der Waals surface area (Å²) in [6.07, 6.45) is -25.0. The minimum absolute atomic E-state index is 0.178. The largest absolute Gasteiger partial charge is 0.478 e. The van der Waals surface area contributed by atoms with Gasteiger partial charge < -0.3 is 10.2 Å². The van der Waals surface area contributed by atoms with Crippen molar-refractivity contribution >= 4 is 5.97 Å². The van der Waals surface area contributed by atoms with E-state index in [1.54, 1.807) is 0 Å². The monoisotopic (exact) mass is 712 g/mol. The van der Waals surface area contributed by atoms with Crippen molar-refractivity contribution in [2.45, 2.75) is 91.3 Å². The summed E-state index contributed by atoms with van der Waals surface area (Å²) in [5, 5.41) is 17.6. The number of rotatable bonds is 13. The van der Waals surface area contributed by atoms with Gasteiger partial charge in [-0.05, 0) is 13.3 Å².